The zero-order chi connectivity index (χ0) is 13.0. The fourth-order valence-electron chi connectivity index (χ4n) is 2.43. The fraction of sp³-hybridized carbons (Fsp3) is 0.357. The van der Waals surface area contributed by atoms with Crippen molar-refractivity contribution in [2.75, 3.05) is 5.32 Å². The van der Waals surface area contributed by atoms with E-state index < -0.39 is 0 Å². The van der Waals surface area contributed by atoms with Gasteiger partial charge in [0, 0.05) is 11.7 Å². The average Bonchev–Trinajstić information content (AvgIpc) is 3.08. The molecule has 0 saturated heterocycles. The summed E-state index contributed by atoms with van der Waals surface area (Å²) in [4.78, 5) is 13.1. The molecule has 1 aliphatic carbocycles. The first kappa shape index (κ1) is 13.1. The van der Waals surface area contributed by atoms with Gasteiger partial charge in [0.05, 0.1) is 5.39 Å². The Morgan fingerprint density at radius 3 is 2.80 bits per heavy atom. The van der Waals surface area contributed by atoms with E-state index in [0.717, 1.165) is 28.0 Å². The molecule has 0 aromatic carbocycles. The molecule has 0 spiro atoms. The minimum Gasteiger partial charge on any atom is -0.432 e. The number of rotatable bonds is 2. The van der Waals surface area contributed by atoms with Crippen molar-refractivity contribution in [2.24, 2.45) is 0 Å². The van der Waals surface area contributed by atoms with Gasteiger partial charge in [0.25, 0.3) is 0 Å². The van der Waals surface area contributed by atoms with Crippen LogP contribution in [0.4, 0.5) is 5.82 Å². The molecule has 3 heterocycles. The SMILES string of the molecule is Cc1cc(C)c2c(n1)oc1c(NC3CC3)ncnc12.Cl. The molecule has 1 N–H and O–H groups in total. The van der Waals surface area contributed by atoms with Crippen molar-refractivity contribution in [3.8, 4) is 0 Å². The molecule has 5 nitrogen and oxygen atoms in total. The molecule has 1 aliphatic rings. The van der Waals surface area contributed by atoms with E-state index in [1.807, 2.05) is 13.0 Å². The average molecular weight is 291 g/mol. The van der Waals surface area contributed by atoms with Crippen molar-refractivity contribution in [3.05, 3.63) is 23.7 Å². The highest BCUT2D eigenvalue weighted by Crippen LogP contribution is 2.34. The van der Waals surface area contributed by atoms with Crippen LogP contribution in [0.1, 0.15) is 24.1 Å². The molecule has 20 heavy (non-hydrogen) atoms. The minimum atomic E-state index is 0. The summed E-state index contributed by atoms with van der Waals surface area (Å²) in [5, 5.41) is 4.37. The Balaban J connectivity index is 0.00000121. The summed E-state index contributed by atoms with van der Waals surface area (Å²) < 4.78 is 5.88. The maximum Gasteiger partial charge on any atom is 0.229 e. The van der Waals surface area contributed by atoms with Gasteiger partial charge in [-0.25, -0.2) is 15.0 Å². The molecule has 0 atom stereocenters. The second-order valence-corrected chi connectivity index (χ2v) is 5.18. The van der Waals surface area contributed by atoms with E-state index in [-0.39, 0.29) is 12.4 Å². The number of nitrogens with one attached hydrogen (secondary N) is 1. The lowest BCUT2D eigenvalue weighted by Crippen LogP contribution is -2.03. The third-order valence-electron chi connectivity index (χ3n) is 3.47. The van der Waals surface area contributed by atoms with Gasteiger partial charge in [-0.1, -0.05) is 0 Å². The highest BCUT2D eigenvalue weighted by Gasteiger charge is 2.24. The molecule has 6 heteroatoms. The van der Waals surface area contributed by atoms with Gasteiger partial charge in [0.1, 0.15) is 11.8 Å². The Morgan fingerprint density at radius 2 is 2.05 bits per heavy atom. The molecule has 0 bridgehead atoms. The molecule has 0 aliphatic heterocycles. The summed E-state index contributed by atoms with van der Waals surface area (Å²) in [6.45, 7) is 4.02. The van der Waals surface area contributed by atoms with Gasteiger partial charge in [-0.2, -0.15) is 0 Å². The number of aromatic nitrogens is 3. The maximum absolute atomic E-state index is 5.88. The molecule has 3 aromatic heterocycles. The number of fused-ring (bicyclic) bond motifs is 3. The monoisotopic (exact) mass is 290 g/mol. The van der Waals surface area contributed by atoms with Crippen LogP contribution in [0.25, 0.3) is 22.2 Å². The minimum absolute atomic E-state index is 0. The summed E-state index contributed by atoms with van der Waals surface area (Å²) in [6, 6.07) is 2.58. The van der Waals surface area contributed by atoms with Gasteiger partial charge in [-0.15, -0.1) is 12.4 Å². The molecule has 0 unspecified atom stereocenters. The fourth-order valence-corrected chi connectivity index (χ4v) is 2.43. The van der Waals surface area contributed by atoms with Crippen LogP contribution < -0.4 is 5.32 Å². The number of pyridine rings is 1. The van der Waals surface area contributed by atoms with Crippen LogP contribution in [0, 0.1) is 13.8 Å². The topological polar surface area (TPSA) is 63.8 Å². The predicted molar refractivity (Wildman–Crippen MR) is 80.5 cm³/mol. The van der Waals surface area contributed by atoms with Gasteiger partial charge >= 0.3 is 0 Å². The van der Waals surface area contributed by atoms with Crippen LogP contribution in [0.3, 0.4) is 0 Å². The Bertz CT molecular complexity index is 795. The number of hydrogen-bond donors (Lipinski definition) is 1. The summed E-state index contributed by atoms with van der Waals surface area (Å²) in [5.74, 6) is 0.780. The quantitative estimate of drug-likeness (QED) is 0.784. The molecular weight excluding hydrogens is 276 g/mol. The van der Waals surface area contributed by atoms with Crippen molar-refractivity contribution >= 4 is 40.4 Å². The van der Waals surface area contributed by atoms with Crippen LogP contribution in [-0.4, -0.2) is 21.0 Å². The normalized spacial score (nSPS) is 14.5. The number of aryl methyl sites for hydroxylation is 2. The standard InChI is InChI=1S/C14H14N4O.ClH/c1-7-5-8(2)17-14-10(7)11-12(19-14)13(16-6-15-11)18-9-3-4-9;/h5-6,9H,3-4H2,1-2H3,(H,15,16,18);1H. The van der Waals surface area contributed by atoms with E-state index in [1.54, 1.807) is 6.33 Å². The summed E-state index contributed by atoms with van der Waals surface area (Å²) >= 11 is 0. The molecule has 104 valence electrons. The third kappa shape index (κ3) is 1.98. The Hall–Kier alpha value is -1.88. The van der Waals surface area contributed by atoms with E-state index in [0.29, 0.717) is 17.3 Å². The Morgan fingerprint density at radius 1 is 1.25 bits per heavy atom. The van der Waals surface area contributed by atoms with Gasteiger partial charge in [-0.05, 0) is 38.3 Å². The van der Waals surface area contributed by atoms with E-state index in [2.05, 4.69) is 27.2 Å². The number of anilines is 1. The molecule has 1 fully saturated rings. The highest BCUT2D eigenvalue weighted by molar-refractivity contribution is 6.05. The lowest BCUT2D eigenvalue weighted by molar-refractivity contribution is 0.650. The predicted octanol–water partition coefficient (Wildman–Crippen LogP) is 3.38. The van der Waals surface area contributed by atoms with Gasteiger partial charge in [-0.3, -0.25) is 0 Å². The lowest BCUT2D eigenvalue weighted by Gasteiger charge is -2.02. The van der Waals surface area contributed by atoms with Crippen molar-refractivity contribution in [1.82, 2.24) is 15.0 Å². The number of halogens is 1. The molecule has 3 aromatic rings. The van der Waals surface area contributed by atoms with Crippen molar-refractivity contribution < 1.29 is 4.42 Å². The maximum atomic E-state index is 5.88. The van der Waals surface area contributed by atoms with E-state index in [9.17, 15) is 0 Å². The van der Waals surface area contributed by atoms with Gasteiger partial charge in [0.15, 0.2) is 11.4 Å². The van der Waals surface area contributed by atoms with Crippen molar-refractivity contribution in [2.45, 2.75) is 32.7 Å². The van der Waals surface area contributed by atoms with Gasteiger partial charge < -0.3 is 9.73 Å². The van der Waals surface area contributed by atoms with Crippen LogP contribution in [-0.2, 0) is 0 Å². The summed E-state index contributed by atoms with van der Waals surface area (Å²) in [6.07, 6.45) is 3.98. The molecule has 0 amide bonds. The van der Waals surface area contributed by atoms with Crippen LogP contribution in [0.15, 0.2) is 16.8 Å². The Labute approximate surface area is 122 Å². The Kier molecular flexibility index (Phi) is 3.01. The number of nitrogens with zero attached hydrogens (tertiary/aromatic N) is 3. The summed E-state index contributed by atoms with van der Waals surface area (Å²) in [7, 11) is 0. The second-order valence-electron chi connectivity index (χ2n) is 5.18. The second kappa shape index (κ2) is 4.59. The first-order valence-electron chi connectivity index (χ1n) is 6.50. The molecule has 4 rings (SSSR count). The number of furan rings is 1. The molecule has 0 radical (unpaired) electrons. The van der Waals surface area contributed by atoms with Crippen molar-refractivity contribution in [1.29, 1.82) is 0 Å². The number of hydrogen-bond acceptors (Lipinski definition) is 5. The molecule has 1 saturated carbocycles. The zero-order valence-corrected chi connectivity index (χ0v) is 12.1. The van der Waals surface area contributed by atoms with E-state index >= 15 is 0 Å². The van der Waals surface area contributed by atoms with E-state index in [1.165, 1.54) is 12.8 Å². The largest absolute Gasteiger partial charge is 0.432 e. The van der Waals surface area contributed by atoms with Crippen molar-refractivity contribution in [3.63, 3.8) is 0 Å². The zero-order valence-electron chi connectivity index (χ0n) is 11.3. The van der Waals surface area contributed by atoms with E-state index in [4.69, 9.17) is 4.42 Å². The highest BCUT2D eigenvalue weighted by atomic mass is 35.5. The van der Waals surface area contributed by atoms with Gasteiger partial charge in [0.2, 0.25) is 5.71 Å². The smallest absolute Gasteiger partial charge is 0.229 e. The first-order valence-corrected chi connectivity index (χ1v) is 6.50. The summed E-state index contributed by atoms with van der Waals surface area (Å²) in [5.41, 5.74) is 4.29. The molecular formula is C14H15ClN4O. The first-order chi connectivity index (χ1) is 9.22. The third-order valence-corrected chi connectivity index (χ3v) is 3.47. The van der Waals surface area contributed by atoms with Crippen LogP contribution in [0.5, 0.6) is 0 Å². The lowest BCUT2D eigenvalue weighted by atomic mass is 10.1. The van der Waals surface area contributed by atoms with Crippen LogP contribution >= 0.6 is 12.4 Å². The van der Waals surface area contributed by atoms with Crippen LogP contribution in [0.2, 0.25) is 0 Å².